The molecule has 0 spiro atoms. The second-order valence-electron chi connectivity index (χ2n) is 8.05. The minimum absolute atomic E-state index is 0.336. The van der Waals surface area contributed by atoms with Gasteiger partial charge in [0.2, 0.25) is 0 Å². The number of imidazole rings is 1. The van der Waals surface area contributed by atoms with E-state index in [-0.39, 0.29) is 0 Å². The van der Waals surface area contributed by atoms with Crippen LogP contribution in [0.4, 0.5) is 0 Å². The lowest BCUT2D eigenvalue weighted by Gasteiger charge is -2.14. The van der Waals surface area contributed by atoms with Crippen molar-refractivity contribution in [1.82, 2.24) is 9.55 Å². The topological polar surface area (TPSA) is 27.1 Å². The minimum atomic E-state index is 0.336. The molecule has 0 unspecified atom stereocenters. The maximum Gasteiger partial charge on any atom is 0.113 e. The van der Waals surface area contributed by atoms with E-state index < -0.39 is 0 Å². The minimum Gasteiger partial charge on any atom is -0.498 e. The average Bonchev–Trinajstić information content (AvgIpc) is 3.00. The lowest BCUT2D eigenvalue weighted by Crippen LogP contribution is -2.08. The third-order valence-electron chi connectivity index (χ3n) is 5.30. The van der Waals surface area contributed by atoms with Gasteiger partial charge in [-0.2, -0.15) is 0 Å². The van der Waals surface area contributed by atoms with Gasteiger partial charge in [0.1, 0.15) is 10.9 Å². The highest BCUT2D eigenvalue weighted by Crippen LogP contribution is 2.37. The summed E-state index contributed by atoms with van der Waals surface area (Å²) in [4.78, 5) is 6.05. The summed E-state index contributed by atoms with van der Waals surface area (Å²) in [6.45, 7) is 8.10. The largest absolute Gasteiger partial charge is 0.498 e. The Labute approximate surface area is 195 Å². The van der Waals surface area contributed by atoms with Gasteiger partial charge in [-0.3, -0.25) is 0 Å². The fraction of sp³-hybridized carbons (Fsp3) is 0.542. The first kappa shape index (κ1) is 23.6. The second kappa shape index (κ2) is 11.5. The highest BCUT2D eigenvalue weighted by Gasteiger charge is 2.20. The smallest absolute Gasteiger partial charge is 0.113 e. The van der Waals surface area contributed by atoms with Gasteiger partial charge in [0, 0.05) is 34.3 Å². The molecule has 0 N–H and O–H groups in total. The number of nitrogens with zero attached hydrogens (tertiary/aromatic N) is 2. The Morgan fingerprint density at radius 2 is 1.83 bits per heavy atom. The van der Waals surface area contributed by atoms with Crippen LogP contribution in [0.3, 0.4) is 0 Å². The molecule has 1 heterocycles. The average molecular weight is 468 g/mol. The Hall–Kier alpha value is -1.10. The van der Waals surface area contributed by atoms with E-state index in [0.29, 0.717) is 22.6 Å². The second-order valence-corrected chi connectivity index (χ2v) is 9.98. The zero-order valence-corrected chi connectivity index (χ0v) is 20.5. The Morgan fingerprint density at radius 1 is 1.10 bits per heavy atom. The maximum atomic E-state index is 6.22. The molecule has 0 saturated carbocycles. The fourth-order valence-corrected chi connectivity index (χ4v) is 5.75. The Bertz CT molecular complexity index is 856. The number of ether oxygens (including phenoxy) is 1. The zero-order chi connectivity index (χ0) is 21.5. The Kier molecular flexibility index (Phi) is 9.03. The summed E-state index contributed by atoms with van der Waals surface area (Å²) in [6.07, 6.45) is 10.5. The van der Waals surface area contributed by atoms with E-state index >= 15 is 0 Å². The molecule has 0 amide bonds. The summed E-state index contributed by atoms with van der Waals surface area (Å²) in [5.74, 6) is 2.59. The molecule has 30 heavy (non-hydrogen) atoms. The van der Waals surface area contributed by atoms with E-state index in [1.54, 1.807) is 17.8 Å². The molecule has 1 aliphatic rings. The number of hydrogen-bond acceptors (Lipinski definition) is 3. The number of rotatable bonds is 8. The Balaban J connectivity index is 1.77. The van der Waals surface area contributed by atoms with Gasteiger partial charge in [-0.05, 0) is 56.4 Å². The number of aromatic nitrogens is 2. The zero-order valence-electron chi connectivity index (χ0n) is 18.2. The standard InChI is InChI=1S/C24H32Cl2N2OS/c1-4-28-22(12-13-29-20-10-8-6-5-7-9-11-20)27-23(17(2)3)24(28)30-21-15-18(25)14-19(26)16-21/h10,14-17H,4-9,11-13H2,1-3H3. The van der Waals surface area contributed by atoms with Crippen molar-refractivity contribution in [3.05, 3.63) is 51.6 Å². The quantitative estimate of drug-likeness (QED) is 0.391. The van der Waals surface area contributed by atoms with Crippen molar-refractivity contribution in [3.63, 3.8) is 0 Å². The first-order chi connectivity index (χ1) is 14.5. The number of benzene rings is 1. The summed E-state index contributed by atoms with van der Waals surface area (Å²) in [6, 6.07) is 5.68. The molecule has 0 aliphatic heterocycles. The van der Waals surface area contributed by atoms with Crippen LogP contribution in [0, 0.1) is 0 Å². The van der Waals surface area contributed by atoms with Gasteiger partial charge < -0.3 is 9.30 Å². The highest BCUT2D eigenvalue weighted by atomic mass is 35.5. The summed E-state index contributed by atoms with van der Waals surface area (Å²) in [5, 5.41) is 2.48. The molecule has 0 saturated heterocycles. The molecule has 1 aliphatic carbocycles. The molecule has 2 aromatic rings. The molecule has 0 fully saturated rings. The highest BCUT2D eigenvalue weighted by molar-refractivity contribution is 7.99. The van der Waals surface area contributed by atoms with Crippen molar-refractivity contribution in [1.29, 1.82) is 0 Å². The van der Waals surface area contributed by atoms with E-state index in [4.69, 9.17) is 32.9 Å². The van der Waals surface area contributed by atoms with Crippen LogP contribution in [-0.2, 0) is 17.7 Å². The number of allylic oxidation sites excluding steroid dienone is 2. The number of hydrogen-bond donors (Lipinski definition) is 0. The number of halogens is 2. The molecular formula is C24H32Cl2N2OS. The monoisotopic (exact) mass is 466 g/mol. The molecule has 1 aromatic carbocycles. The van der Waals surface area contributed by atoms with Gasteiger partial charge in [-0.15, -0.1) is 0 Å². The van der Waals surface area contributed by atoms with E-state index in [1.165, 1.54) is 30.7 Å². The van der Waals surface area contributed by atoms with Gasteiger partial charge in [-0.1, -0.05) is 61.7 Å². The van der Waals surface area contributed by atoms with Crippen LogP contribution in [0.25, 0.3) is 0 Å². The van der Waals surface area contributed by atoms with Crippen molar-refractivity contribution in [2.45, 2.75) is 88.1 Å². The molecule has 164 valence electrons. The summed E-state index contributed by atoms with van der Waals surface area (Å²) >= 11 is 14.1. The fourth-order valence-electron chi connectivity index (χ4n) is 3.77. The lowest BCUT2D eigenvalue weighted by molar-refractivity contribution is 0.198. The Morgan fingerprint density at radius 3 is 2.53 bits per heavy atom. The molecule has 6 heteroatoms. The lowest BCUT2D eigenvalue weighted by atomic mass is 10.1. The maximum absolute atomic E-state index is 6.22. The van der Waals surface area contributed by atoms with Crippen LogP contribution in [-0.4, -0.2) is 16.2 Å². The van der Waals surface area contributed by atoms with E-state index in [2.05, 4.69) is 31.4 Å². The van der Waals surface area contributed by atoms with Gasteiger partial charge in [0.05, 0.1) is 18.1 Å². The van der Waals surface area contributed by atoms with Crippen LogP contribution in [0.15, 0.2) is 40.0 Å². The molecule has 0 bridgehead atoms. The van der Waals surface area contributed by atoms with Gasteiger partial charge >= 0.3 is 0 Å². The van der Waals surface area contributed by atoms with Crippen LogP contribution in [0.1, 0.15) is 76.7 Å². The summed E-state index contributed by atoms with van der Waals surface area (Å²) in [5.41, 5.74) is 1.12. The van der Waals surface area contributed by atoms with Crippen molar-refractivity contribution >= 4 is 35.0 Å². The first-order valence-corrected chi connectivity index (χ1v) is 12.6. The summed E-state index contributed by atoms with van der Waals surface area (Å²) < 4.78 is 8.46. The molecular weight excluding hydrogens is 435 g/mol. The predicted molar refractivity (Wildman–Crippen MR) is 128 cm³/mol. The van der Waals surface area contributed by atoms with Crippen molar-refractivity contribution in [3.8, 4) is 0 Å². The van der Waals surface area contributed by atoms with Crippen molar-refractivity contribution in [2.24, 2.45) is 0 Å². The normalized spacial score (nSPS) is 15.1. The molecule has 3 rings (SSSR count). The summed E-state index contributed by atoms with van der Waals surface area (Å²) in [7, 11) is 0. The molecule has 3 nitrogen and oxygen atoms in total. The van der Waals surface area contributed by atoms with Crippen LogP contribution >= 0.6 is 35.0 Å². The van der Waals surface area contributed by atoms with E-state index in [9.17, 15) is 0 Å². The van der Waals surface area contributed by atoms with Crippen molar-refractivity contribution in [2.75, 3.05) is 6.61 Å². The molecule has 0 radical (unpaired) electrons. The van der Waals surface area contributed by atoms with Gasteiger partial charge in [0.25, 0.3) is 0 Å². The molecule has 0 atom stereocenters. The third kappa shape index (κ3) is 6.45. The van der Waals surface area contributed by atoms with Crippen LogP contribution in [0.2, 0.25) is 10.0 Å². The van der Waals surface area contributed by atoms with E-state index in [1.807, 2.05) is 12.1 Å². The molecule has 1 aromatic heterocycles. The third-order valence-corrected chi connectivity index (χ3v) is 6.83. The van der Waals surface area contributed by atoms with Crippen molar-refractivity contribution < 1.29 is 4.74 Å². The van der Waals surface area contributed by atoms with Gasteiger partial charge in [-0.25, -0.2) is 4.98 Å². The SMILES string of the molecule is CCn1c(CCOC2=CCCCCCC2)nc(C(C)C)c1Sc1cc(Cl)cc(Cl)c1. The predicted octanol–water partition coefficient (Wildman–Crippen LogP) is 8.28. The van der Waals surface area contributed by atoms with Gasteiger partial charge in [0.15, 0.2) is 0 Å². The van der Waals surface area contributed by atoms with E-state index in [0.717, 1.165) is 48.0 Å². The van der Waals surface area contributed by atoms with Crippen LogP contribution in [0.5, 0.6) is 0 Å². The first-order valence-electron chi connectivity index (χ1n) is 11.0. The van der Waals surface area contributed by atoms with Crippen LogP contribution < -0.4 is 0 Å².